The fourth-order valence-corrected chi connectivity index (χ4v) is 5.15. The second-order valence-corrected chi connectivity index (χ2v) is 8.65. The van der Waals surface area contributed by atoms with Crippen molar-refractivity contribution in [2.75, 3.05) is 16.2 Å². The number of benzene rings is 3. The highest BCUT2D eigenvalue weighted by Gasteiger charge is 2.38. The fraction of sp³-hybridized carbons (Fsp3) is 0.105. The molecular formula is C19H12ClF3N2O3S. The topological polar surface area (TPSA) is 66.5 Å². The van der Waals surface area contributed by atoms with Crippen molar-refractivity contribution in [1.82, 2.24) is 0 Å². The van der Waals surface area contributed by atoms with Gasteiger partial charge in [-0.1, -0.05) is 35.9 Å². The third-order valence-corrected chi connectivity index (χ3v) is 6.57. The molecule has 4 rings (SSSR count). The third-order valence-electron chi connectivity index (χ3n) is 4.53. The van der Waals surface area contributed by atoms with E-state index in [2.05, 4.69) is 5.32 Å². The lowest BCUT2D eigenvalue weighted by Crippen LogP contribution is -2.35. The van der Waals surface area contributed by atoms with Crippen molar-refractivity contribution in [2.45, 2.75) is 11.1 Å². The Morgan fingerprint density at radius 1 is 1.07 bits per heavy atom. The molecule has 0 spiro atoms. The summed E-state index contributed by atoms with van der Waals surface area (Å²) in [6.07, 6.45) is -4.74. The fourth-order valence-electron chi connectivity index (χ4n) is 3.31. The van der Waals surface area contributed by atoms with Gasteiger partial charge in [0.1, 0.15) is 6.54 Å². The van der Waals surface area contributed by atoms with Gasteiger partial charge in [0.25, 0.3) is 10.0 Å². The maximum Gasteiger partial charge on any atom is 0.418 e. The maximum absolute atomic E-state index is 13.2. The lowest BCUT2D eigenvalue weighted by Gasteiger charge is -2.19. The van der Waals surface area contributed by atoms with Crippen molar-refractivity contribution in [3.8, 4) is 0 Å². The molecule has 0 aliphatic carbocycles. The summed E-state index contributed by atoms with van der Waals surface area (Å²) >= 11 is 5.63. The van der Waals surface area contributed by atoms with E-state index in [0.717, 1.165) is 10.4 Å². The van der Waals surface area contributed by atoms with Crippen molar-refractivity contribution in [3.05, 3.63) is 65.2 Å². The van der Waals surface area contributed by atoms with Gasteiger partial charge in [-0.3, -0.25) is 9.10 Å². The van der Waals surface area contributed by atoms with Crippen LogP contribution in [0, 0.1) is 0 Å². The number of sulfonamides is 1. The van der Waals surface area contributed by atoms with Crippen LogP contribution >= 0.6 is 11.6 Å². The van der Waals surface area contributed by atoms with E-state index in [4.69, 9.17) is 11.6 Å². The van der Waals surface area contributed by atoms with Gasteiger partial charge in [-0.25, -0.2) is 8.42 Å². The Morgan fingerprint density at radius 2 is 1.76 bits per heavy atom. The summed E-state index contributed by atoms with van der Waals surface area (Å²) < 4.78 is 66.3. The zero-order chi connectivity index (χ0) is 21.0. The molecule has 29 heavy (non-hydrogen) atoms. The first kappa shape index (κ1) is 19.5. The Morgan fingerprint density at radius 3 is 2.45 bits per heavy atom. The number of anilines is 2. The van der Waals surface area contributed by atoms with Gasteiger partial charge in [0, 0.05) is 10.4 Å². The first-order valence-electron chi connectivity index (χ1n) is 8.30. The largest absolute Gasteiger partial charge is 0.418 e. The van der Waals surface area contributed by atoms with Crippen molar-refractivity contribution in [3.63, 3.8) is 0 Å². The Bertz CT molecular complexity index is 1250. The van der Waals surface area contributed by atoms with Crippen LogP contribution in [0.1, 0.15) is 5.56 Å². The smallest absolute Gasteiger partial charge is 0.324 e. The van der Waals surface area contributed by atoms with Gasteiger partial charge in [-0.2, -0.15) is 13.2 Å². The molecule has 0 aromatic heterocycles. The number of hydrogen-bond donors (Lipinski definition) is 1. The van der Waals surface area contributed by atoms with Crippen LogP contribution in [-0.4, -0.2) is 20.9 Å². The van der Waals surface area contributed by atoms with Gasteiger partial charge in [-0.05, 0) is 35.7 Å². The highest BCUT2D eigenvalue weighted by Crippen LogP contribution is 2.42. The van der Waals surface area contributed by atoms with Gasteiger partial charge in [0.2, 0.25) is 5.91 Å². The molecule has 150 valence electrons. The van der Waals surface area contributed by atoms with Crippen molar-refractivity contribution < 1.29 is 26.4 Å². The molecule has 1 N–H and O–H groups in total. The number of nitrogens with one attached hydrogen (secondary N) is 1. The number of halogens is 4. The molecule has 3 aromatic rings. The minimum Gasteiger partial charge on any atom is -0.324 e. The molecule has 0 atom stereocenters. The average molecular weight is 441 g/mol. The highest BCUT2D eigenvalue weighted by atomic mass is 35.5. The van der Waals surface area contributed by atoms with Crippen LogP contribution in [0.2, 0.25) is 5.02 Å². The Kier molecular flexibility index (Phi) is 4.47. The molecule has 1 aliphatic rings. The number of nitrogens with zero attached hydrogens (tertiary/aromatic N) is 1. The third kappa shape index (κ3) is 3.30. The molecular weight excluding hydrogens is 429 g/mol. The Hall–Kier alpha value is -2.78. The van der Waals surface area contributed by atoms with Crippen LogP contribution in [0.25, 0.3) is 10.8 Å². The van der Waals surface area contributed by atoms with E-state index in [0.29, 0.717) is 22.5 Å². The molecule has 0 fully saturated rings. The minimum atomic E-state index is -4.74. The lowest BCUT2D eigenvalue weighted by molar-refractivity contribution is -0.137. The number of carbonyl (C=O) groups excluding carboxylic acids is 1. The second-order valence-electron chi connectivity index (χ2n) is 6.38. The zero-order valence-corrected chi connectivity index (χ0v) is 16.1. The highest BCUT2D eigenvalue weighted by molar-refractivity contribution is 7.93. The van der Waals surface area contributed by atoms with Crippen molar-refractivity contribution >= 4 is 49.7 Å². The van der Waals surface area contributed by atoms with E-state index in [1.165, 1.54) is 12.1 Å². The van der Waals surface area contributed by atoms with Crippen molar-refractivity contribution in [1.29, 1.82) is 0 Å². The summed E-state index contributed by atoms with van der Waals surface area (Å²) in [5.74, 6) is -0.911. The molecule has 5 nitrogen and oxygen atoms in total. The average Bonchev–Trinajstić information content (AvgIpc) is 2.86. The van der Waals surface area contributed by atoms with Gasteiger partial charge < -0.3 is 5.32 Å². The summed E-state index contributed by atoms with van der Waals surface area (Å²) in [4.78, 5) is 12.5. The van der Waals surface area contributed by atoms with Crippen LogP contribution in [0.15, 0.2) is 59.5 Å². The minimum absolute atomic E-state index is 0.0564. The molecule has 0 bridgehead atoms. The summed E-state index contributed by atoms with van der Waals surface area (Å²) in [6.45, 7) is -0.671. The number of carbonyl (C=O) groups is 1. The summed E-state index contributed by atoms with van der Waals surface area (Å²) in [5.41, 5.74) is -1.31. The standard InChI is InChI=1S/C19H12ClF3N2O3S/c20-12-7-8-14(13(9-12)19(21,22)23)24-17(26)10-25-15-5-1-3-11-4-2-6-16(18(11)15)29(25,27)28/h1-9H,10H2,(H,24,26). The van der Waals surface area contributed by atoms with E-state index in [9.17, 15) is 26.4 Å². The van der Waals surface area contributed by atoms with Crippen LogP contribution in [0.4, 0.5) is 24.5 Å². The van der Waals surface area contributed by atoms with Crippen LogP contribution in [0.5, 0.6) is 0 Å². The summed E-state index contributed by atoms with van der Waals surface area (Å²) in [7, 11) is -4.00. The molecule has 0 saturated carbocycles. The van der Waals surface area contributed by atoms with Crippen LogP contribution < -0.4 is 9.62 Å². The van der Waals surface area contributed by atoms with Gasteiger partial charge >= 0.3 is 6.18 Å². The van der Waals surface area contributed by atoms with E-state index >= 15 is 0 Å². The summed E-state index contributed by atoms with van der Waals surface area (Å²) in [5, 5.41) is 3.17. The normalized spacial score (nSPS) is 15.0. The SMILES string of the molecule is O=C(CN1c2cccc3cccc(c23)S1(=O)=O)Nc1ccc(Cl)cc1C(F)(F)F. The molecule has 10 heteroatoms. The first-order chi connectivity index (χ1) is 13.6. The van der Waals surface area contributed by atoms with Gasteiger partial charge in [-0.15, -0.1) is 0 Å². The monoisotopic (exact) mass is 440 g/mol. The van der Waals surface area contributed by atoms with E-state index < -0.39 is 39.9 Å². The van der Waals surface area contributed by atoms with E-state index in [-0.39, 0.29) is 9.92 Å². The first-order valence-corrected chi connectivity index (χ1v) is 10.1. The molecule has 0 saturated heterocycles. The van der Waals surface area contributed by atoms with E-state index in [1.54, 1.807) is 30.3 Å². The molecule has 3 aromatic carbocycles. The zero-order valence-electron chi connectivity index (χ0n) is 14.5. The predicted molar refractivity (Wildman–Crippen MR) is 104 cm³/mol. The Labute approximate surface area is 168 Å². The predicted octanol–water partition coefficient (Wildman–Crippen LogP) is 4.66. The number of amides is 1. The number of rotatable bonds is 3. The van der Waals surface area contributed by atoms with E-state index in [1.807, 2.05) is 0 Å². The lowest BCUT2D eigenvalue weighted by atomic mass is 10.1. The second kappa shape index (κ2) is 6.64. The molecule has 1 amide bonds. The molecule has 1 heterocycles. The van der Waals surface area contributed by atoms with Crippen LogP contribution in [-0.2, 0) is 21.0 Å². The van der Waals surface area contributed by atoms with Gasteiger partial charge in [0.05, 0.1) is 21.8 Å². The maximum atomic E-state index is 13.2. The number of alkyl halides is 3. The molecule has 0 unspecified atom stereocenters. The number of hydrogen-bond acceptors (Lipinski definition) is 3. The molecule has 1 aliphatic heterocycles. The quantitative estimate of drug-likeness (QED) is 0.644. The van der Waals surface area contributed by atoms with Gasteiger partial charge in [0.15, 0.2) is 0 Å². The Balaban J connectivity index is 1.67. The van der Waals surface area contributed by atoms with Crippen LogP contribution in [0.3, 0.4) is 0 Å². The summed E-state index contributed by atoms with van der Waals surface area (Å²) in [6, 6.07) is 12.6. The molecule has 0 radical (unpaired) electrons. The van der Waals surface area contributed by atoms with Crippen molar-refractivity contribution in [2.24, 2.45) is 0 Å².